The van der Waals surface area contributed by atoms with Crippen LogP contribution in [0.1, 0.15) is 25.7 Å². The van der Waals surface area contributed by atoms with Crippen LogP contribution in [-0.4, -0.2) is 55.7 Å². The molecule has 120 valence electrons. The number of piperidine rings is 2. The first-order chi connectivity index (χ1) is 10.7. The van der Waals surface area contributed by atoms with E-state index in [-0.39, 0.29) is 11.3 Å². The molecule has 2 aliphatic heterocycles. The number of rotatable bonds is 4. The second-order valence-electron chi connectivity index (χ2n) is 6.54. The monoisotopic (exact) mass is 303 g/mol. The van der Waals surface area contributed by atoms with Crippen LogP contribution in [0.2, 0.25) is 0 Å². The van der Waals surface area contributed by atoms with Crippen LogP contribution in [0.15, 0.2) is 24.5 Å². The lowest BCUT2D eigenvalue weighted by Gasteiger charge is -2.48. The van der Waals surface area contributed by atoms with Crippen molar-refractivity contribution in [3.63, 3.8) is 0 Å². The number of anilines is 1. The number of amides is 1. The average molecular weight is 303 g/mol. The maximum Gasteiger partial charge on any atom is 0.222 e. The fraction of sp³-hybridized carbons (Fsp3) is 0.647. The molecular weight excluding hydrogens is 278 g/mol. The Balaban J connectivity index is 1.71. The molecule has 0 unspecified atom stereocenters. The van der Waals surface area contributed by atoms with Crippen molar-refractivity contribution in [3.05, 3.63) is 24.5 Å². The second kappa shape index (κ2) is 6.65. The zero-order valence-electron chi connectivity index (χ0n) is 13.3. The summed E-state index contributed by atoms with van der Waals surface area (Å²) in [5, 5.41) is 0. The molecule has 22 heavy (non-hydrogen) atoms. The van der Waals surface area contributed by atoms with Gasteiger partial charge in [0.05, 0.1) is 6.61 Å². The third-order valence-electron chi connectivity index (χ3n) is 5.00. The third-order valence-corrected chi connectivity index (χ3v) is 5.00. The van der Waals surface area contributed by atoms with Crippen LogP contribution in [0.4, 0.5) is 5.69 Å². The second-order valence-corrected chi connectivity index (χ2v) is 6.54. The first-order valence-electron chi connectivity index (χ1n) is 8.14. The fourth-order valence-electron chi connectivity index (χ4n) is 3.82. The summed E-state index contributed by atoms with van der Waals surface area (Å²) in [6.07, 6.45) is 7.79. The van der Waals surface area contributed by atoms with Gasteiger partial charge in [-0.2, -0.15) is 0 Å². The van der Waals surface area contributed by atoms with Gasteiger partial charge in [-0.05, 0) is 31.4 Å². The van der Waals surface area contributed by atoms with Gasteiger partial charge in [0.15, 0.2) is 0 Å². The highest BCUT2D eigenvalue weighted by Gasteiger charge is 2.41. The summed E-state index contributed by atoms with van der Waals surface area (Å²) in [6.45, 7) is 4.34. The molecule has 0 bridgehead atoms. The van der Waals surface area contributed by atoms with E-state index in [0.717, 1.165) is 26.1 Å². The highest BCUT2D eigenvalue weighted by atomic mass is 16.5. The van der Waals surface area contributed by atoms with Gasteiger partial charge >= 0.3 is 0 Å². The van der Waals surface area contributed by atoms with E-state index in [9.17, 15) is 4.79 Å². The Morgan fingerprint density at radius 1 is 1.27 bits per heavy atom. The first kappa shape index (κ1) is 15.3. The first-order valence-corrected chi connectivity index (χ1v) is 8.14. The standard InChI is InChI=1S/C17H25N3O2/c1-22-12-11-20-14-17(7-3-16(20)21)6-2-10-19(13-17)15-4-8-18-9-5-15/h4-5,8-9H,2-3,6-7,10-14H2,1H3/t17-/m1/s1. The molecule has 0 saturated carbocycles. The predicted octanol–water partition coefficient (Wildman–Crippen LogP) is 1.94. The molecule has 1 aromatic rings. The number of methoxy groups -OCH3 is 1. The summed E-state index contributed by atoms with van der Waals surface area (Å²) < 4.78 is 5.15. The van der Waals surface area contributed by atoms with Crippen molar-refractivity contribution in [2.75, 3.05) is 44.8 Å². The number of likely N-dealkylation sites (tertiary alicyclic amines) is 1. The average Bonchev–Trinajstić information content (AvgIpc) is 2.57. The van der Waals surface area contributed by atoms with E-state index < -0.39 is 0 Å². The van der Waals surface area contributed by atoms with Crippen molar-refractivity contribution < 1.29 is 9.53 Å². The number of carbonyl (C=O) groups is 1. The van der Waals surface area contributed by atoms with Crippen LogP contribution in [0.5, 0.6) is 0 Å². The molecule has 1 atom stereocenters. The molecule has 0 N–H and O–H groups in total. The number of ether oxygens (including phenoxy) is 1. The summed E-state index contributed by atoms with van der Waals surface area (Å²) in [5.74, 6) is 0.281. The molecule has 5 nitrogen and oxygen atoms in total. The Morgan fingerprint density at radius 2 is 2.09 bits per heavy atom. The number of hydrogen-bond donors (Lipinski definition) is 0. The lowest BCUT2D eigenvalue weighted by atomic mass is 9.73. The van der Waals surface area contributed by atoms with Crippen molar-refractivity contribution in [2.45, 2.75) is 25.7 Å². The molecule has 1 aromatic heterocycles. The number of aromatic nitrogens is 1. The molecule has 1 amide bonds. The number of hydrogen-bond acceptors (Lipinski definition) is 4. The van der Waals surface area contributed by atoms with E-state index in [4.69, 9.17) is 4.74 Å². The Kier molecular flexibility index (Phi) is 4.62. The summed E-state index contributed by atoms with van der Waals surface area (Å²) in [6, 6.07) is 4.16. The van der Waals surface area contributed by atoms with E-state index >= 15 is 0 Å². The Hall–Kier alpha value is -1.62. The molecule has 2 fully saturated rings. The van der Waals surface area contributed by atoms with Crippen molar-refractivity contribution in [1.29, 1.82) is 0 Å². The van der Waals surface area contributed by atoms with Crippen molar-refractivity contribution >= 4 is 11.6 Å². The maximum absolute atomic E-state index is 12.1. The van der Waals surface area contributed by atoms with E-state index in [2.05, 4.69) is 22.0 Å². The topological polar surface area (TPSA) is 45.7 Å². The van der Waals surface area contributed by atoms with Crippen molar-refractivity contribution in [3.8, 4) is 0 Å². The molecule has 2 aliphatic rings. The van der Waals surface area contributed by atoms with Gasteiger partial charge < -0.3 is 14.5 Å². The van der Waals surface area contributed by atoms with Gasteiger partial charge in [0, 0.05) is 63.2 Å². The van der Waals surface area contributed by atoms with Gasteiger partial charge in [0.1, 0.15) is 0 Å². The van der Waals surface area contributed by atoms with Crippen molar-refractivity contribution in [1.82, 2.24) is 9.88 Å². The van der Waals surface area contributed by atoms with Crippen LogP contribution in [0.3, 0.4) is 0 Å². The Morgan fingerprint density at radius 3 is 2.86 bits per heavy atom. The largest absolute Gasteiger partial charge is 0.383 e. The summed E-state index contributed by atoms with van der Waals surface area (Å²) in [7, 11) is 1.69. The smallest absolute Gasteiger partial charge is 0.222 e. The Bertz CT molecular complexity index is 508. The van der Waals surface area contributed by atoms with E-state index in [1.165, 1.54) is 18.5 Å². The minimum absolute atomic E-state index is 0.239. The van der Waals surface area contributed by atoms with Gasteiger partial charge in [-0.25, -0.2) is 0 Å². The lowest BCUT2D eigenvalue weighted by molar-refractivity contribution is -0.138. The molecule has 2 saturated heterocycles. The van der Waals surface area contributed by atoms with Gasteiger partial charge in [-0.15, -0.1) is 0 Å². The summed E-state index contributed by atoms with van der Waals surface area (Å²) in [4.78, 5) is 20.7. The minimum Gasteiger partial charge on any atom is -0.383 e. The van der Waals surface area contributed by atoms with Crippen LogP contribution >= 0.6 is 0 Å². The van der Waals surface area contributed by atoms with E-state index in [1.54, 1.807) is 7.11 Å². The SMILES string of the molecule is COCCN1C[C@]2(CCCN(c3ccncc3)C2)CCC1=O. The maximum atomic E-state index is 12.1. The van der Waals surface area contributed by atoms with Crippen LogP contribution < -0.4 is 4.90 Å². The predicted molar refractivity (Wildman–Crippen MR) is 85.8 cm³/mol. The third kappa shape index (κ3) is 3.24. The number of carbonyl (C=O) groups excluding carboxylic acids is 1. The van der Waals surface area contributed by atoms with Crippen LogP contribution in [-0.2, 0) is 9.53 Å². The number of pyridine rings is 1. The van der Waals surface area contributed by atoms with Crippen molar-refractivity contribution in [2.24, 2.45) is 5.41 Å². The van der Waals surface area contributed by atoms with Crippen LogP contribution in [0.25, 0.3) is 0 Å². The molecular formula is C17H25N3O2. The Labute approximate surface area is 132 Å². The summed E-state index contributed by atoms with van der Waals surface area (Å²) in [5.41, 5.74) is 1.48. The molecule has 3 heterocycles. The van der Waals surface area contributed by atoms with Gasteiger partial charge in [0.2, 0.25) is 5.91 Å². The fourth-order valence-corrected chi connectivity index (χ4v) is 3.82. The highest BCUT2D eigenvalue weighted by Crippen LogP contribution is 2.40. The zero-order chi connectivity index (χ0) is 15.4. The molecule has 0 aromatic carbocycles. The summed E-state index contributed by atoms with van der Waals surface area (Å²) >= 11 is 0. The quantitative estimate of drug-likeness (QED) is 0.853. The van der Waals surface area contributed by atoms with E-state index in [1.807, 2.05) is 17.3 Å². The van der Waals surface area contributed by atoms with Gasteiger partial charge in [-0.1, -0.05) is 0 Å². The molecule has 5 heteroatoms. The zero-order valence-corrected chi connectivity index (χ0v) is 13.3. The highest BCUT2D eigenvalue weighted by molar-refractivity contribution is 5.77. The van der Waals surface area contributed by atoms with Gasteiger partial charge in [-0.3, -0.25) is 9.78 Å². The normalized spacial score (nSPS) is 25.8. The molecule has 0 radical (unpaired) electrons. The van der Waals surface area contributed by atoms with Gasteiger partial charge in [0.25, 0.3) is 0 Å². The van der Waals surface area contributed by atoms with Crippen LogP contribution in [0, 0.1) is 5.41 Å². The minimum atomic E-state index is 0.239. The molecule has 0 aliphatic carbocycles. The lowest BCUT2D eigenvalue weighted by Crippen LogP contribution is -2.54. The molecule has 1 spiro atoms. The number of nitrogens with zero attached hydrogens (tertiary/aromatic N) is 3. The molecule has 3 rings (SSSR count). The van der Waals surface area contributed by atoms with E-state index in [0.29, 0.717) is 19.6 Å².